The van der Waals surface area contributed by atoms with Crippen LogP contribution in [0.5, 0.6) is 0 Å². The first-order chi connectivity index (χ1) is 7.74. The first-order valence-corrected chi connectivity index (χ1v) is 5.94. The highest BCUT2D eigenvalue weighted by Crippen LogP contribution is 2.21. The van der Waals surface area contributed by atoms with Crippen LogP contribution in [-0.2, 0) is 11.3 Å². The molecule has 3 nitrogen and oxygen atoms in total. The molecule has 2 rings (SSSR count). The fourth-order valence-corrected chi connectivity index (χ4v) is 2.12. The van der Waals surface area contributed by atoms with E-state index in [0.717, 1.165) is 31.2 Å². The lowest BCUT2D eigenvalue weighted by Gasteiger charge is -2.25. The second-order valence-electron chi connectivity index (χ2n) is 4.61. The summed E-state index contributed by atoms with van der Waals surface area (Å²) in [6.07, 6.45) is 7.59. The number of aryl methyl sites for hydroxylation is 1. The molecule has 0 aromatic carbocycles. The van der Waals surface area contributed by atoms with Crippen molar-refractivity contribution in [2.75, 3.05) is 0 Å². The third-order valence-electron chi connectivity index (χ3n) is 3.06. The van der Waals surface area contributed by atoms with Crippen LogP contribution in [0.25, 0.3) is 0 Å². The van der Waals surface area contributed by atoms with Crippen molar-refractivity contribution in [2.24, 2.45) is 0 Å². The molecular weight excluding hydrogens is 202 g/mol. The van der Waals surface area contributed by atoms with Crippen LogP contribution in [0.4, 0.5) is 0 Å². The van der Waals surface area contributed by atoms with Crippen molar-refractivity contribution >= 4 is 0 Å². The number of hydrogen-bond donors (Lipinski definition) is 1. The van der Waals surface area contributed by atoms with Gasteiger partial charge in [0.05, 0.1) is 18.8 Å². The summed E-state index contributed by atoms with van der Waals surface area (Å²) in [6.45, 7) is 2.67. The van der Waals surface area contributed by atoms with Crippen molar-refractivity contribution in [1.29, 1.82) is 0 Å². The Hall–Kier alpha value is -0.930. The largest absolute Gasteiger partial charge is 0.393 e. The third kappa shape index (κ3) is 3.29. The molecule has 16 heavy (non-hydrogen) atoms. The second-order valence-corrected chi connectivity index (χ2v) is 4.61. The van der Waals surface area contributed by atoms with Gasteiger partial charge in [-0.3, -0.25) is 4.98 Å². The zero-order chi connectivity index (χ0) is 11.4. The second kappa shape index (κ2) is 5.41. The topological polar surface area (TPSA) is 42.4 Å². The third-order valence-corrected chi connectivity index (χ3v) is 3.06. The molecule has 0 bridgehead atoms. The Bertz CT molecular complexity index is 332. The number of pyridine rings is 1. The van der Waals surface area contributed by atoms with E-state index in [9.17, 15) is 5.11 Å². The van der Waals surface area contributed by atoms with Crippen LogP contribution >= 0.6 is 0 Å². The van der Waals surface area contributed by atoms with Crippen molar-refractivity contribution in [1.82, 2.24) is 4.98 Å². The van der Waals surface area contributed by atoms with Gasteiger partial charge in [0.15, 0.2) is 0 Å². The van der Waals surface area contributed by atoms with Crippen molar-refractivity contribution in [3.8, 4) is 0 Å². The molecule has 1 fully saturated rings. The Kier molecular flexibility index (Phi) is 3.91. The molecule has 1 heterocycles. The number of aromatic nitrogens is 1. The summed E-state index contributed by atoms with van der Waals surface area (Å²) in [5.74, 6) is 0. The number of aliphatic hydroxyl groups excluding tert-OH is 1. The minimum absolute atomic E-state index is 0.111. The van der Waals surface area contributed by atoms with E-state index >= 15 is 0 Å². The van der Waals surface area contributed by atoms with Crippen molar-refractivity contribution in [3.05, 3.63) is 29.6 Å². The van der Waals surface area contributed by atoms with Gasteiger partial charge in [-0.2, -0.15) is 0 Å². The SMILES string of the molecule is Cc1cncc(COC2CCC(O)CC2)c1. The average molecular weight is 221 g/mol. The zero-order valence-electron chi connectivity index (χ0n) is 9.72. The molecule has 1 N–H and O–H groups in total. The Labute approximate surface area is 96.5 Å². The van der Waals surface area contributed by atoms with Gasteiger partial charge < -0.3 is 9.84 Å². The van der Waals surface area contributed by atoms with Gasteiger partial charge in [-0.15, -0.1) is 0 Å². The summed E-state index contributed by atoms with van der Waals surface area (Å²) in [6, 6.07) is 2.10. The Morgan fingerprint density at radius 1 is 1.31 bits per heavy atom. The van der Waals surface area contributed by atoms with Gasteiger partial charge in [0.1, 0.15) is 0 Å². The van der Waals surface area contributed by atoms with Crippen LogP contribution in [0.3, 0.4) is 0 Å². The van der Waals surface area contributed by atoms with Gasteiger partial charge in [-0.05, 0) is 43.7 Å². The van der Waals surface area contributed by atoms with Gasteiger partial charge in [0.25, 0.3) is 0 Å². The van der Waals surface area contributed by atoms with Crippen LogP contribution in [0.1, 0.15) is 36.8 Å². The van der Waals surface area contributed by atoms with E-state index in [1.54, 1.807) is 0 Å². The molecule has 0 amide bonds. The van der Waals surface area contributed by atoms with Gasteiger partial charge in [0.2, 0.25) is 0 Å². The van der Waals surface area contributed by atoms with Crippen molar-refractivity contribution in [2.45, 2.75) is 51.4 Å². The van der Waals surface area contributed by atoms with Crippen LogP contribution < -0.4 is 0 Å². The summed E-state index contributed by atoms with van der Waals surface area (Å²) in [5, 5.41) is 9.38. The minimum Gasteiger partial charge on any atom is -0.393 e. The molecule has 1 aromatic heterocycles. The number of rotatable bonds is 3. The van der Waals surface area contributed by atoms with E-state index in [4.69, 9.17) is 4.74 Å². The van der Waals surface area contributed by atoms with Gasteiger partial charge >= 0.3 is 0 Å². The molecule has 0 atom stereocenters. The van der Waals surface area contributed by atoms with E-state index in [0.29, 0.717) is 12.7 Å². The number of hydrogen-bond acceptors (Lipinski definition) is 3. The van der Waals surface area contributed by atoms with E-state index in [1.165, 1.54) is 5.56 Å². The lowest BCUT2D eigenvalue weighted by Crippen LogP contribution is -2.24. The maximum atomic E-state index is 9.38. The average Bonchev–Trinajstić information content (AvgIpc) is 2.28. The van der Waals surface area contributed by atoms with Gasteiger partial charge in [0, 0.05) is 12.4 Å². The monoisotopic (exact) mass is 221 g/mol. The first kappa shape index (κ1) is 11.6. The molecule has 0 saturated heterocycles. The summed E-state index contributed by atoms with van der Waals surface area (Å²) < 4.78 is 5.82. The maximum absolute atomic E-state index is 9.38. The molecule has 88 valence electrons. The standard InChI is InChI=1S/C13H19NO2/c1-10-6-11(8-14-7-10)9-16-13-4-2-12(15)3-5-13/h6-8,12-13,15H,2-5,9H2,1H3. The van der Waals surface area contributed by atoms with E-state index in [2.05, 4.69) is 11.1 Å². The summed E-state index contributed by atoms with van der Waals surface area (Å²) in [5.41, 5.74) is 2.30. The predicted molar refractivity (Wildman–Crippen MR) is 62.0 cm³/mol. The van der Waals surface area contributed by atoms with Crippen LogP contribution in [0.15, 0.2) is 18.5 Å². The van der Waals surface area contributed by atoms with Crippen LogP contribution in [-0.4, -0.2) is 22.3 Å². The van der Waals surface area contributed by atoms with Gasteiger partial charge in [-0.1, -0.05) is 6.07 Å². The molecule has 0 unspecified atom stereocenters. The first-order valence-electron chi connectivity index (χ1n) is 5.94. The molecule has 0 radical (unpaired) electrons. The normalized spacial score (nSPS) is 25.6. The Morgan fingerprint density at radius 2 is 2.06 bits per heavy atom. The van der Waals surface area contributed by atoms with Crippen molar-refractivity contribution in [3.63, 3.8) is 0 Å². The van der Waals surface area contributed by atoms with Gasteiger partial charge in [-0.25, -0.2) is 0 Å². The molecule has 3 heteroatoms. The van der Waals surface area contributed by atoms with E-state index < -0.39 is 0 Å². The molecule has 1 aromatic rings. The molecule has 1 saturated carbocycles. The predicted octanol–water partition coefficient (Wildman–Crippen LogP) is 2.21. The molecule has 0 aliphatic heterocycles. The summed E-state index contributed by atoms with van der Waals surface area (Å²) in [7, 11) is 0. The smallest absolute Gasteiger partial charge is 0.0735 e. The van der Waals surface area contributed by atoms with Crippen molar-refractivity contribution < 1.29 is 9.84 Å². The fourth-order valence-electron chi connectivity index (χ4n) is 2.12. The lowest BCUT2D eigenvalue weighted by atomic mass is 9.95. The van der Waals surface area contributed by atoms with E-state index in [1.807, 2.05) is 19.3 Å². The number of nitrogens with zero attached hydrogens (tertiary/aromatic N) is 1. The summed E-state index contributed by atoms with van der Waals surface area (Å²) in [4.78, 5) is 4.14. The minimum atomic E-state index is -0.111. The molecule has 1 aliphatic carbocycles. The number of aliphatic hydroxyl groups is 1. The van der Waals surface area contributed by atoms with E-state index in [-0.39, 0.29) is 6.10 Å². The highest BCUT2D eigenvalue weighted by molar-refractivity contribution is 5.15. The highest BCUT2D eigenvalue weighted by Gasteiger charge is 2.19. The zero-order valence-corrected chi connectivity index (χ0v) is 9.72. The molecular formula is C13H19NO2. The Balaban J connectivity index is 1.79. The Morgan fingerprint density at radius 3 is 2.75 bits per heavy atom. The van der Waals surface area contributed by atoms with Crippen LogP contribution in [0, 0.1) is 6.92 Å². The lowest BCUT2D eigenvalue weighted by molar-refractivity contribution is -0.0119. The highest BCUT2D eigenvalue weighted by atomic mass is 16.5. The fraction of sp³-hybridized carbons (Fsp3) is 0.615. The molecule has 1 aliphatic rings. The maximum Gasteiger partial charge on any atom is 0.0735 e. The number of ether oxygens (including phenoxy) is 1. The molecule has 0 spiro atoms. The quantitative estimate of drug-likeness (QED) is 0.851. The van der Waals surface area contributed by atoms with Crippen LogP contribution in [0.2, 0.25) is 0 Å². The summed E-state index contributed by atoms with van der Waals surface area (Å²) >= 11 is 0.